The van der Waals surface area contributed by atoms with E-state index in [0.29, 0.717) is 10.7 Å². The molecule has 0 heterocycles. The Kier molecular flexibility index (Phi) is 5.44. The van der Waals surface area contributed by atoms with E-state index in [1.807, 2.05) is 43.3 Å². The first-order valence-corrected chi connectivity index (χ1v) is 7.23. The zero-order valence-electron chi connectivity index (χ0n) is 12.3. The summed E-state index contributed by atoms with van der Waals surface area (Å²) >= 11 is 5.83. The Morgan fingerprint density at radius 1 is 1.09 bits per heavy atom. The van der Waals surface area contributed by atoms with Gasteiger partial charge in [0.2, 0.25) is 0 Å². The predicted molar refractivity (Wildman–Crippen MR) is 91.4 cm³/mol. The zero-order valence-corrected chi connectivity index (χ0v) is 13.1. The topological polar surface area (TPSA) is 53.2 Å². The lowest BCUT2D eigenvalue weighted by molar-refractivity contribution is -0.120. The number of benzene rings is 2. The summed E-state index contributed by atoms with van der Waals surface area (Å²) in [6.45, 7) is 6.03. The lowest BCUT2D eigenvalue weighted by atomic mass is 10.2. The molecular formula is C17H18ClN3O. The highest BCUT2D eigenvalue weighted by Crippen LogP contribution is 2.14. The van der Waals surface area contributed by atoms with Crippen molar-refractivity contribution >= 4 is 28.9 Å². The van der Waals surface area contributed by atoms with Crippen LogP contribution in [0.2, 0.25) is 5.02 Å². The van der Waals surface area contributed by atoms with E-state index in [1.165, 1.54) is 0 Å². The lowest BCUT2D eigenvalue weighted by Gasteiger charge is -2.13. The van der Waals surface area contributed by atoms with Gasteiger partial charge in [0, 0.05) is 10.7 Å². The van der Waals surface area contributed by atoms with Gasteiger partial charge >= 0.3 is 0 Å². The summed E-state index contributed by atoms with van der Waals surface area (Å²) in [7, 11) is 0. The van der Waals surface area contributed by atoms with E-state index in [9.17, 15) is 4.79 Å². The van der Waals surface area contributed by atoms with Gasteiger partial charge < -0.3 is 5.32 Å². The van der Waals surface area contributed by atoms with Crippen LogP contribution < -0.4 is 16.2 Å². The monoisotopic (exact) mass is 315 g/mol. The number of carbonyl (C=O) groups excluding carboxylic acids is 1. The molecule has 0 unspecified atom stereocenters. The van der Waals surface area contributed by atoms with Gasteiger partial charge in [0.05, 0.1) is 12.2 Å². The average molecular weight is 316 g/mol. The normalized spacial score (nSPS) is 9.91. The number of hydrazine groups is 1. The molecule has 2 aromatic carbocycles. The Labute approximate surface area is 135 Å². The largest absolute Gasteiger partial charge is 0.376 e. The van der Waals surface area contributed by atoms with Gasteiger partial charge in [-0.25, -0.2) is 0 Å². The summed E-state index contributed by atoms with van der Waals surface area (Å²) in [5.74, 6) is -0.182. The molecule has 4 nitrogen and oxygen atoms in total. The van der Waals surface area contributed by atoms with Crippen LogP contribution in [0.1, 0.15) is 11.1 Å². The van der Waals surface area contributed by atoms with Crippen LogP contribution in [0.25, 0.3) is 5.70 Å². The number of rotatable bonds is 6. The molecule has 0 aliphatic rings. The van der Waals surface area contributed by atoms with E-state index in [2.05, 4.69) is 22.7 Å². The highest BCUT2D eigenvalue weighted by Gasteiger charge is 2.04. The summed E-state index contributed by atoms with van der Waals surface area (Å²) in [6, 6.07) is 15.0. The standard InChI is InChI=1S/C17H18ClN3O/c1-12-5-3-4-6-16(12)19-11-17(22)21-20-13(2)14-7-9-15(18)10-8-14/h3-10,19-20H,2,11H2,1H3,(H,21,22). The molecule has 0 aliphatic carbocycles. The molecule has 5 heteroatoms. The van der Waals surface area contributed by atoms with Gasteiger partial charge in [-0.2, -0.15) is 0 Å². The van der Waals surface area contributed by atoms with E-state index < -0.39 is 0 Å². The quantitative estimate of drug-likeness (QED) is 0.717. The maximum Gasteiger partial charge on any atom is 0.257 e. The van der Waals surface area contributed by atoms with E-state index >= 15 is 0 Å². The molecule has 22 heavy (non-hydrogen) atoms. The number of hydrogen-bond acceptors (Lipinski definition) is 3. The van der Waals surface area contributed by atoms with Gasteiger partial charge in [0.1, 0.15) is 0 Å². The van der Waals surface area contributed by atoms with Crippen LogP contribution in [0.4, 0.5) is 5.69 Å². The van der Waals surface area contributed by atoms with E-state index in [1.54, 1.807) is 12.1 Å². The molecule has 0 saturated heterocycles. The minimum Gasteiger partial charge on any atom is -0.376 e. The molecule has 0 aromatic heterocycles. The first-order valence-electron chi connectivity index (χ1n) is 6.85. The molecule has 2 rings (SSSR count). The summed E-state index contributed by atoms with van der Waals surface area (Å²) < 4.78 is 0. The van der Waals surface area contributed by atoms with Crippen molar-refractivity contribution in [2.24, 2.45) is 0 Å². The minimum absolute atomic E-state index is 0.172. The number of carbonyl (C=O) groups is 1. The van der Waals surface area contributed by atoms with Crippen molar-refractivity contribution in [1.82, 2.24) is 10.9 Å². The zero-order chi connectivity index (χ0) is 15.9. The smallest absolute Gasteiger partial charge is 0.257 e. The molecule has 0 aliphatic heterocycles. The number of halogens is 1. The fraction of sp³-hybridized carbons (Fsp3) is 0.118. The second kappa shape index (κ2) is 7.52. The highest BCUT2D eigenvalue weighted by molar-refractivity contribution is 6.30. The minimum atomic E-state index is -0.182. The second-order valence-electron chi connectivity index (χ2n) is 4.83. The number of hydrogen-bond donors (Lipinski definition) is 3. The number of amides is 1. The van der Waals surface area contributed by atoms with Crippen molar-refractivity contribution in [1.29, 1.82) is 0 Å². The molecule has 0 saturated carbocycles. The number of aryl methyl sites for hydroxylation is 1. The molecule has 0 fully saturated rings. The molecule has 1 amide bonds. The Morgan fingerprint density at radius 3 is 2.45 bits per heavy atom. The maximum absolute atomic E-state index is 11.8. The SMILES string of the molecule is C=C(NNC(=O)CNc1ccccc1C)c1ccc(Cl)cc1. The van der Waals surface area contributed by atoms with E-state index in [0.717, 1.165) is 16.8 Å². The number of nitrogens with one attached hydrogen (secondary N) is 3. The molecule has 114 valence electrons. The molecule has 3 N–H and O–H groups in total. The number of anilines is 1. The van der Waals surface area contributed by atoms with Gasteiger partial charge in [-0.3, -0.25) is 15.6 Å². The molecular weight excluding hydrogens is 298 g/mol. The Hall–Kier alpha value is -2.46. The second-order valence-corrected chi connectivity index (χ2v) is 5.26. The Morgan fingerprint density at radius 2 is 1.77 bits per heavy atom. The summed E-state index contributed by atoms with van der Waals surface area (Å²) in [5, 5.41) is 3.74. The predicted octanol–water partition coefficient (Wildman–Crippen LogP) is 3.35. The van der Waals surface area contributed by atoms with Crippen LogP contribution in [0.5, 0.6) is 0 Å². The van der Waals surface area contributed by atoms with Crippen LogP contribution in [0.15, 0.2) is 55.1 Å². The molecule has 0 radical (unpaired) electrons. The first kappa shape index (κ1) is 15.9. The van der Waals surface area contributed by atoms with Gasteiger partial charge in [-0.05, 0) is 36.2 Å². The molecule has 2 aromatic rings. The fourth-order valence-corrected chi connectivity index (χ4v) is 1.99. The van der Waals surface area contributed by atoms with Crippen molar-refractivity contribution in [3.8, 4) is 0 Å². The number of para-hydroxylation sites is 1. The third-order valence-corrected chi connectivity index (χ3v) is 3.38. The third-order valence-electron chi connectivity index (χ3n) is 3.13. The van der Waals surface area contributed by atoms with Crippen LogP contribution in [-0.2, 0) is 4.79 Å². The van der Waals surface area contributed by atoms with Gasteiger partial charge in [0.25, 0.3) is 5.91 Å². The van der Waals surface area contributed by atoms with Crippen molar-refractivity contribution in [3.05, 3.63) is 71.3 Å². The molecule has 0 bridgehead atoms. The first-order chi connectivity index (χ1) is 10.6. The van der Waals surface area contributed by atoms with Crippen LogP contribution in [-0.4, -0.2) is 12.5 Å². The van der Waals surface area contributed by atoms with Crippen LogP contribution in [0, 0.1) is 6.92 Å². The van der Waals surface area contributed by atoms with Gasteiger partial charge in [-0.15, -0.1) is 0 Å². The van der Waals surface area contributed by atoms with E-state index in [-0.39, 0.29) is 12.5 Å². The summed E-state index contributed by atoms with van der Waals surface area (Å²) in [4.78, 5) is 11.8. The van der Waals surface area contributed by atoms with Crippen molar-refractivity contribution < 1.29 is 4.79 Å². The average Bonchev–Trinajstić information content (AvgIpc) is 2.52. The van der Waals surface area contributed by atoms with Gasteiger partial charge in [-0.1, -0.05) is 48.5 Å². The lowest BCUT2D eigenvalue weighted by Crippen LogP contribution is -2.39. The highest BCUT2D eigenvalue weighted by atomic mass is 35.5. The van der Waals surface area contributed by atoms with Crippen LogP contribution in [0.3, 0.4) is 0 Å². The van der Waals surface area contributed by atoms with E-state index in [4.69, 9.17) is 11.6 Å². The summed E-state index contributed by atoms with van der Waals surface area (Å²) in [5.41, 5.74) is 8.88. The third kappa shape index (κ3) is 4.53. The van der Waals surface area contributed by atoms with Crippen LogP contribution >= 0.6 is 11.6 Å². The summed E-state index contributed by atoms with van der Waals surface area (Å²) in [6.07, 6.45) is 0. The molecule has 0 spiro atoms. The Bertz CT molecular complexity index is 668. The molecule has 0 atom stereocenters. The van der Waals surface area contributed by atoms with Crippen molar-refractivity contribution in [3.63, 3.8) is 0 Å². The van der Waals surface area contributed by atoms with Crippen molar-refractivity contribution in [2.45, 2.75) is 6.92 Å². The fourth-order valence-electron chi connectivity index (χ4n) is 1.86. The van der Waals surface area contributed by atoms with Crippen molar-refractivity contribution in [2.75, 3.05) is 11.9 Å². The maximum atomic E-state index is 11.8. The Balaban J connectivity index is 1.79. The van der Waals surface area contributed by atoms with Gasteiger partial charge in [0.15, 0.2) is 0 Å².